The molecular formula is C9H11N3O2S. The lowest BCUT2D eigenvalue weighted by molar-refractivity contribution is -0.138. The topological polar surface area (TPSA) is 77.2 Å². The van der Waals surface area contributed by atoms with Crippen molar-refractivity contribution in [3.8, 4) is 0 Å². The molecule has 6 heteroatoms. The maximum Gasteiger partial charge on any atom is 0.325 e. The van der Waals surface area contributed by atoms with E-state index in [0.717, 1.165) is 0 Å². The average molecular weight is 225 g/mol. The molecule has 0 fully saturated rings. The zero-order chi connectivity index (χ0) is 11.3. The largest absolute Gasteiger partial charge is 0.468 e. The Balaban J connectivity index is 2.66. The lowest BCUT2D eigenvalue weighted by Crippen LogP contribution is -2.17. The number of nitrogens with one attached hydrogen (secondary N) is 1. The summed E-state index contributed by atoms with van der Waals surface area (Å²) in [6.07, 6.45) is 0. The minimum absolute atomic E-state index is 0.0598. The molecule has 0 spiro atoms. The summed E-state index contributed by atoms with van der Waals surface area (Å²) >= 11 is 4.78. The number of carbonyl (C=O) groups is 1. The number of methoxy groups -OCH3 is 1. The molecule has 0 aliphatic heterocycles. The van der Waals surface area contributed by atoms with Gasteiger partial charge in [0.25, 0.3) is 0 Å². The highest BCUT2D eigenvalue weighted by Crippen LogP contribution is 2.04. The van der Waals surface area contributed by atoms with Crippen LogP contribution in [0, 0.1) is 0 Å². The van der Waals surface area contributed by atoms with Crippen LogP contribution in [-0.4, -0.2) is 29.6 Å². The van der Waals surface area contributed by atoms with E-state index in [-0.39, 0.29) is 17.5 Å². The van der Waals surface area contributed by atoms with Gasteiger partial charge < -0.3 is 15.8 Å². The quantitative estimate of drug-likeness (QED) is 0.567. The predicted molar refractivity (Wildman–Crippen MR) is 60.6 cm³/mol. The summed E-state index contributed by atoms with van der Waals surface area (Å²) in [5.41, 5.74) is 5.93. The van der Waals surface area contributed by atoms with Crippen molar-refractivity contribution >= 4 is 29.0 Å². The van der Waals surface area contributed by atoms with Gasteiger partial charge in [-0.15, -0.1) is 0 Å². The van der Waals surface area contributed by atoms with Crippen LogP contribution >= 0.6 is 12.2 Å². The Hall–Kier alpha value is -1.69. The third-order valence-corrected chi connectivity index (χ3v) is 1.85. The van der Waals surface area contributed by atoms with Crippen molar-refractivity contribution in [2.75, 3.05) is 19.0 Å². The van der Waals surface area contributed by atoms with Crippen LogP contribution in [0.1, 0.15) is 5.69 Å². The van der Waals surface area contributed by atoms with Crippen LogP contribution < -0.4 is 11.1 Å². The predicted octanol–water partition coefficient (Wildman–Crippen LogP) is 0.301. The molecule has 80 valence electrons. The molecule has 0 atom stereocenters. The highest BCUT2D eigenvalue weighted by molar-refractivity contribution is 7.80. The van der Waals surface area contributed by atoms with Crippen LogP contribution in [0.15, 0.2) is 18.2 Å². The second kappa shape index (κ2) is 5.26. The first kappa shape index (κ1) is 11.4. The highest BCUT2D eigenvalue weighted by atomic mass is 32.1. The maximum absolute atomic E-state index is 10.8. The molecule has 0 unspecified atom stereocenters. The maximum atomic E-state index is 10.8. The molecule has 15 heavy (non-hydrogen) atoms. The molecule has 0 radical (unpaired) electrons. The van der Waals surface area contributed by atoms with E-state index in [2.05, 4.69) is 15.0 Å². The molecule has 1 aromatic heterocycles. The first-order valence-corrected chi connectivity index (χ1v) is 4.62. The standard InChI is InChI=1S/C9H11N3O2S/c1-14-8(13)5-11-7-4-2-3-6(12-7)9(10)15/h2-4H,5H2,1H3,(H2,10,15)(H,11,12). The summed E-state index contributed by atoms with van der Waals surface area (Å²) in [6.45, 7) is 0.0598. The molecule has 3 N–H and O–H groups in total. The first-order chi connectivity index (χ1) is 7.13. The van der Waals surface area contributed by atoms with E-state index in [4.69, 9.17) is 18.0 Å². The van der Waals surface area contributed by atoms with E-state index in [0.29, 0.717) is 11.5 Å². The van der Waals surface area contributed by atoms with Gasteiger partial charge in [-0.1, -0.05) is 18.3 Å². The number of hydrogen-bond acceptors (Lipinski definition) is 5. The molecule has 1 heterocycles. The Morgan fingerprint density at radius 2 is 2.40 bits per heavy atom. The van der Waals surface area contributed by atoms with E-state index < -0.39 is 0 Å². The summed E-state index contributed by atoms with van der Waals surface area (Å²) in [7, 11) is 1.32. The fraction of sp³-hybridized carbons (Fsp3) is 0.222. The Morgan fingerprint density at radius 3 is 3.00 bits per heavy atom. The van der Waals surface area contributed by atoms with E-state index >= 15 is 0 Å². The van der Waals surface area contributed by atoms with Crippen LogP contribution in [0.25, 0.3) is 0 Å². The van der Waals surface area contributed by atoms with Gasteiger partial charge in [0.15, 0.2) is 0 Å². The van der Waals surface area contributed by atoms with Gasteiger partial charge in [0, 0.05) is 0 Å². The number of aromatic nitrogens is 1. The molecule has 0 amide bonds. The van der Waals surface area contributed by atoms with Crippen LogP contribution in [0.2, 0.25) is 0 Å². The summed E-state index contributed by atoms with van der Waals surface area (Å²) < 4.78 is 4.47. The number of rotatable bonds is 4. The van der Waals surface area contributed by atoms with Crippen LogP contribution in [0.5, 0.6) is 0 Å². The number of nitrogens with zero attached hydrogens (tertiary/aromatic N) is 1. The van der Waals surface area contributed by atoms with Crippen molar-refractivity contribution < 1.29 is 9.53 Å². The van der Waals surface area contributed by atoms with E-state index in [9.17, 15) is 4.79 Å². The molecule has 1 aromatic rings. The molecule has 0 aliphatic carbocycles. The van der Waals surface area contributed by atoms with E-state index in [1.807, 2.05) is 0 Å². The Morgan fingerprint density at radius 1 is 1.67 bits per heavy atom. The van der Waals surface area contributed by atoms with Gasteiger partial charge in [-0.25, -0.2) is 4.98 Å². The SMILES string of the molecule is COC(=O)CNc1cccc(C(N)=S)n1. The Labute approximate surface area is 92.6 Å². The zero-order valence-electron chi connectivity index (χ0n) is 8.19. The molecule has 0 aromatic carbocycles. The number of nitrogens with two attached hydrogens (primary N) is 1. The van der Waals surface area contributed by atoms with Gasteiger partial charge in [-0.2, -0.15) is 0 Å². The van der Waals surface area contributed by atoms with Crippen molar-refractivity contribution in [1.82, 2.24) is 4.98 Å². The van der Waals surface area contributed by atoms with Crippen LogP contribution in [0.3, 0.4) is 0 Å². The third kappa shape index (κ3) is 3.51. The molecule has 5 nitrogen and oxygen atoms in total. The lowest BCUT2D eigenvalue weighted by Gasteiger charge is -2.05. The van der Waals surface area contributed by atoms with Crippen LogP contribution in [0.4, 0.5) is 5.82 Å². The number of esters is 1. The van der Waals surface area contributed by atoms with Crippen molar-refractivity contribution in [1.29, 1.82) is 0 Å². The summed E-state index contributed by atoms with van der Waals surface area (Å²) in [6, 6.07) is 5.16. The van der Waals surface area contributed by atoms with Gasteiger partial charge in [0.05, 0.1) is 12.8 Å². The fourth-order valence-corrected chi connectivity index (χ4v) is 1.02. The van der Waals surface area contributed by atoms with Gasteiger partial charge in [-0.05, 0) is 12.1 Å². The Kier molecular flexibility index (Phi) is 3.99. The average Bonchev–Trinajstić information content (AvgIpc) is 2.26. The first-order valence-electron chi connectivity index (χ1n) is 4.21. The number of carbonyl (C=O) groups excluding carboxylic acids is 1. The smallest absolute Gasteiger partial charge is 0.325 e. The highest BCUT2D eigenvalue weighted by Gasteiger charge is 2.02. The summed E-state index contributed by atoms with van der Waals surface area (Å²) in [5, 5.41) is 2.79. The summed E-state index contributed by atoms with van der Waals surface area (Å²) in [5.74, 6) is 0.170. The van der Waals surface area contributed by atoms with Gasteiger partial charge in [0.1, 0.15) is 17.4 Å². The third-order valence-electron chi connectivity index (χ3n) is 1.64. The van der Waals surface area contributed by atoms with E-state index in [1.54, 1.807) is 18.2 Å². The molecule has 0 bridgehead atoms. The van der Waals surface area contributed by atoms with Crippen molar-refractivity contribution in [2.45, 2.75) is 0 Å². The van der Waals surface area contributed by atoms with Gasteiger partial charge in [0.2, 0.25) is 0 Å². The number of hydrogen-bond donors (Lipinski definition) is 2. The number of pyridine rings is 1. The van der Waals surface area contributed by atoms with E-state index in [1.165, 1.54) is 7.11 Å². The molecular weight excluding hydrogens is 214 g/mol. The van der Waals surface area contributed by atoms with Crippen molar-refractivity contribution in [2.24, 2.45) is 5.73 Å². The number of ether oxygens (including phenoxy) is 1. The lowest BCUT2D eigenvalue weighted by atomic mass is 10.3. The van der Waals surface area contributed by atoms with Gasteiger partial charge in [-0.3, -0.25) is 4.79 Å². The summed E-state index contributed by atoms with van der Waals surface area (Å²) in [4.78, 5) is 15.2. The van der Waals surface area contributed by atoms with Crippen molar-refractivity contribution in [3.63, 3.8) is 0 Å². The second-order valence-corrected chi connectivity index (χ2v) is 3.14. The Bertz CT molecular complexity index is 381. The minimum atomic E-state index is -0.363. The molecule has 0 saturated carbocycles. The number of anilines is 1. The number of thiocarbonyl (C=S) groups is 1. The normalized spacial score (nSPS) is 9.40. The molecule has 1 rings (SSSR count). The second-order valence-electron chi connectivity index (χ2n) is 2.70. The molecule has 0 aliphatic rings. The van der Waals surface area contributed by atoms with Crippen molar-refractivity contribution in [3.05, 3.63) is 23.9 Å². The molecule has 0 saturated heterocycles. The monoisotopic (exact) mass is 225 g/mol. The van der Waals surface area contributed by atoms with Crippen LogP contribution in [-0.2, 0) is 9.53 Å². The fourth-order valence-electron chi connectivity index (χ4n) is 0.905. The van der Waals surface area contributed by atoms with Gasteiger partial charge >= 0.3 is 5.97 Å². The minimum Gasteiger partial charge on any atom is -0.468 e. The zero-order valence-corrected chi connectivity index (χ0v) is 9.00.